The largest absolute Gasteiger partial charge is 0.370 e. The number of amides is 1. The summed E-state index contributed by atoms with van der Waals surface area (Å²) in [6, 6.07) is 3.70. The lowest BCUT2D eigenvalue weighted by Gasteiger charge is -2.09. The van der Waals surface area contributed by atoms with Crippen molar-refractivity contribution in [3.8, 4) is 0 Å². The van der Waals surface area contributed by atoms with E-state index in [-0.39, 0.29) is 5.91 Å². The van der Waals surface area contributed by atoms with Gasteiger partial charge in [0.25, 0.3) is 5.91 Å². The van der Waals surface area contributed by atoms with Gasteiger partial charge in [0.2, 0.25) is 0 Å². The summed E-state index contributed by atoms with van der Waals surface area (Å²) < 4.78 is 0. The Morgan fingerprint density at radius 2 is 2.16 bits per heavy atom. The molecule has 1 amide bonds. The van der Waals surface area contributed by atoms with E-state index in [9.17, 15) is 4.79 Å². The molecule has 0 spiro atoms. The van der Waals surface area contributed by atoms with Crippen molar-refractivity contribution in [1.29, 1.82) is 0 Å². The van der Waals surface area contributed by atoms with Crippen molar-refractivity contribution in [2.24, 2.45) is 0 Å². The lowest BCUT2D eigenvalue weighted by molar-refractivity contribution is 0.0956. The number of hydrogen-bond donors (Lipinski definition) is 2. The van der Waals surface area contributed by atoms with Gasteiger partial charge in [0.05, 0.1) is 0 Å². The fraction of sp³-hybridized carbons (Fsp3) is 0.571. The predicted octanol–water partition coefficient (Wildman–Crippen LogP) is 2.56. The molecular formula is C14H23N3OS. The van der Waals surface area contributed by atoms with Crippen LogP contribution in [-0.4, -0.2) is 36.0 Å². The Hall–Kier alpha value is -1.23. The molecule has 0 radical (unpaired) electrons. The van der Waals surface area contributed by atoms with E-state index in [0.29, 0.717) is 12.1 Å². The van der Waals surface area contributed by atoms with Gasteiger partial charge in [0.15, 0.2) is 0 Å². The highest BCUT2D eigenvalue weighted by atomic mass is 32.2. The monoisotopic (exact) mass is 281 g/mol. The van der Waals surface area contributed by atoms with Gasteiger partial charge in [-0.1, -0.05) is 13.3 Å². The fourth-order valence-corrected chi connectivity index (χ4v) is 2.05. The molecule has 106 valence electrons. The number of nitrogens with one attached hydrogen (secondary N) is 2. The number of carbonyl (C=O) groups is 1. The van der Waals surface area contributed by atoms with Crippen LogP contribution in [0.5, 0.6) is 0 Å². The molecule has 5 heteroatoms. The molecule has 0 fully saturated rings. The molecule has 2 N–H and O–H groups in total. The molecule has 4 nitrogen and oxygen atoms in total. The summed E-state index contributed by atoms with van der Waals surface area (Å²) in [5.41, 5.74) is 1.66. The molecule has 0 aliphatic rings. The first-order chi connectivity index (χ1) is 9.21. The minimum absolute atomic E-state index is 0.0204. The molecule has 0 saturated heterocycles. The molecule has 0 aliphatic carbocycles. The second-order valence-corrected chi connectivity index (χ2v) is 5.25. The molecule has 1 heterocycles. The first-order valence-corrected chi connectivity index (χ1v) is 8.12. The predicted molar refractivity (Wildman–Crippen MR) is 83.1 cm³/mol. The van der Waals surface area contributed by atoms with E-state index in [4.69, 9.17) is 0 Å². The third kappa shape index (κ3) is 5.51. The molecule has 0 saturated carbocycles. The Kier molecular flexibility index (Phi) is 7.33. The van der Waals surface area contributed by atoms with Crippen LogP contribution < -0.4 is 10.6 Å². The summed E-state index contributed by atoms with van der Waals surface area (Å²) in [4.78, 5) is 16.6. The van der Waals surface area contributed by atoms with E-state index in [1.54, 1.807) is 11.8 Å². The third-order valence-electron chi connectivity index (χ3n) is 2.60. The van der Waals surface area contributed by atoms with Crippen molar-refractivity contribution in [2.45, 2.75) is 26.7 Å². The Balaban J connectivity index is 2.82. The van der Waals surface area contributed by atoms with Gasteiger partial charge < -0.3 is 10.6 Å². The van der Waals surface area contributed by atoms with E-state index >= 15 is 0 Å². The molecule has 0 atom stereocenters. The summed E-state index contributed by atoms with van der Waals surface area (Å²) in [7, 11) is 0. The van der Waals surface area contributed by atoms with E-state index in [1.807, 2.05) is 25.3 Å². The van der Waals surface area contributed by atoms with E-state index in [1.165, 1.54) is 0 Å². The summed E-state index contributed by atoms with van der Waals surface area (Å²) >= 11 is 1.72. The first-order valence-electron chi connectivity index (χ1n) is 6.73. The van der Waals surface area contributed by atoms with E-state index in [0.717, 1.165) is 36.7 Å². The average molecular weight is 281 g/mol. The van der Waals surface area contributed by atoms with Gasteiger partial charge >= 0.3 is 0 Å². The number of nitrogens with zero attached hydrogens (tertiary/aromatic N) is 1. The zero-order chi connectivity index (χ0) is 14.1. The van der Waals surface area contributed by atoms with Gasteiger partial charge in [-0.3, -0.25) is 4.79 Å². The van der Waals surface area contributed by atoms with Gasteiger partial charge in [-0.15, -0.1) is 0 Å². The highest BCUT2D eigenvalue weighted by Gasteiger charge is 2.09. The number of aromatic nitrogens is 1. The van der Waals surface area contributed by atoms with E-state index in [2.05, 4.69) is 22.5 Å². The molecular weight excluding hydrogens is 258 g/mol. The van der Waals surface area contributed by atoms with Gasteiger partial charge in [-0.2, -0.15) is 11.8 Å². The van der Waals surface area contributed by atoms with Crippen LogP contribution in [0.2, 0.25) is 0 Å². The van der Waals surface area contributed by atoms with Crippen LogP contribution in [0, 0.1) is 0 Å². The number of rotatable bonds is 8. The SMILES string of the molecule is CCCc1cc(C(=O)NCCSC)cc(NCC)n1. The number of anilines is 1. The fourth-order valence-electron chi connectivity index (χ4n) is 1.74. The summed E-state index contributed by atoms with van der Waals surface area (Å²) in [6.07, 6.45) is 3.95. The lowest BCUT2D eigenvalue weighted by Crippen LogP contribution is -2.26. The normalized spacial score (nSPS) is 10.3. The van der Waals surface area contributed by atoms with Gasteiger partial charge in [-0.25, -0.2) is 4.98 Å². The minimum Gasteiger partial charge on any atom is -0.370 e. The maximum atomic E-state index is 12.1. The van der Waals surface area contributed by atoms with Crippen LogP contribution in [0.15, 0.2) is 12.1 Å². The Morgan fingerprint density at radius 1 is 1.37 bits per heavy atom. The molecule has 0 bridgehead atoms. The lowest BCUT2D eigenvalue weighted by atomic mass is 10.1. The standard InChI is InChI=1S/C14H23N3OS/c1-4-6-12-9-11(10-13(17-12)15-5-2)14(18)16-7-8-19-3/h9-10H,4-8H2,1-3H3,(H,15,17)(H,16,18). The molecule has 0 unspecified atom stereocenters. The van der Waals surface area contributed by atoms with Crippen molar-refractivity contribution in [2.75, 3.05) is 30.4 Å². The Bertz CT molecular complexity index is 385. The molecule has 1 aromatic heterocycles. The van der Waals surface area contributed by atoms with Crippen LogP contribution >= 0.6 is 11.8 Å². The number of pyridine rings is 1. The summed E-state index contributed by atoms with van der Waals surface area (Å²) in [5.74, 6) is 1.69. The molecule has 1 aromatic rings. The second kappa shape index (κ2) is 8.80. The van der Waals surface area contributed by atoms with Gasteiger partial charge in [-0.05, 0) is 31.7 Å². The summed E-state index contributed by atoms with van der Waals surface area (Å²) in [5, 5.41) is 6.10. The van der Waals surface area contributed by atoms with Crippen LogP contribution in [0.25, 0.3) is 0 Å². The van der Waals surface area contributed by atoms with Crippen molar-refractivity contribution in [3.63, 3.8) is 0 Å². The first kappa shape index (κ1) is 15.8. The number of hydrogen-bond acceptors (Lipinski definition) is 4. The zero-order valence-corrected chi connectivity index (χ0v) is 12.8. The number of thioether (sulfide) groups is 1. The molecule has 0 aliphatic heterocycles. The Labute approximate surface area is 119 Å². The summed E-state index contributed by atoms with van der Waals surface area (Å²) in [6.45, 7) is 5.63. The highest BCUT2D eigenvalue weighted by molar-refractivity contribution is 7.98. The maximum absolute atomic E-state index is 12.1. The van der Waals surface area contributed by atoms with Crippen molar-refractivity contribution in [3.05, 3.63) is 23.4 Å². The number of carbonyl (C=O) groups excluding carboxylic acids is 1. The smallest absolute Gasteiger partial charge is 0.251 e. The highest BCUT2D eigenvalue weighted by Crippen LogP contribution is 2.12. The average Bonchev–Trinajstić information content (AvgIpc) is 2.39. The topological polar surface area (TPSA) is 54.0 Å². The molecule has 0 aromatic carbocycles. The Morgan fingerprint density at radius 3 is 2.79 bits per heavy atom. The third-order valence-corrected chi connectivity index (χ3v) is 3.21. The van der Waals surface area contributed by atoms with E-state index < -0.39 is 0 Å². The zero-order valence-electron chi connectivity index (χ0n) is 12.0. The maximum Gasteiger partial charge on any atom is 0.251 e. The second-order valence-electron chi connectivity index (χ2n) is 4.26. The van der Waals surface area contributed by atoms with Gasteiger partial charge in [0, 0.05) is 30.1 Å². The molecule has 19 heavy (non-hydrogen) atoms. The number of aryl methyl sites for hydroxylation is 1. The van der Waals surface area contributed by atoms with Gasteiger partial charge in [0.1, 0.15) is 5.82 Å². The van der Waals surface area contributed by atoms with Crippen molar-refractivity contribution >= 4 is 23.5 Å². The minimum atomic E-state index is -0.0204. The molecule has 1 rings (SSSR count). The van der Waals surface area contributed by atoms with Crippen LogP contribution in [-0.2, 0) is 6.42 Å². The van der Waals surface area contributed by atoms with Crippen LogP contribution in [0.4, 0.5) is 5.82 Å². The van der Waals surface area contributed by atoms with Crippen molar-refractivity contribution in [1.82, 2.24) is 10.3 Å². The van der Waals surface area contributed by atoms with Crippen LogP contribution in [0.1, 0.15) is 36.3 Å². The van der Waals surface area contributed by atoms with Crippen LogP contribution in [0.3, 0.4) is 0 Å². The quantitative estimate of drug-likeness (QED) is 0.719. The van der Waals surface area contributed by atoms with Crippen molar-refractivity contribution < 1.29 is 4.79 Å².